The molecule has 0 radical (unpaired) electrons. The minimum atomic E-state index is -0.00321. The third kappa shape index (κ3) is 2.03. The van der Waals surface area contributed by atoms with E-state index in [4.69, 9.17) is 5.73 Å². The molecule has 0 atom stereocenters. The molecule has 1 aliphatic rings. The SMILES string of the molecule is Cc1c(-c2ccccc2)cnc(N)c1C(=O)N1CCC1. The summed E-state index contributed by atoms with van der Waals surface area (Å²) < 4.78 is 0. The van der Waals surface area contributed by atoms with Gasteiger partial charge in [-0.15, -0.1) is 0 Å². The second-order valence-corrected chi connectivity index (χ2v) is 5.07. The molecule has 2 N–H and O–H groups in total. The number of likely N-dealkylation sites (tertiary alicyclic amines) is 1. The lowest BCUT2D eigenvalue weighted by Gasteiger charge is -2.31. The second-order valence-electron chi connectivity index (χ2n) is 5.07. The lowest BCUT2D eigenvalue weighted by molar-refractivity contribution is 0.0652. The number of carbonyl (C=O) groups excluding carboxylic acids is 1. The number of hydrogen-bond donors (Lipinski definition) is 1. The van der Waals surface area contributed by atoms with Crippen LogP contribution in [0.4, 0.5) is 5.82 Å². The van der Waals surface area contributed by atoms with Gasteiger partial charge in [0.1, 0.15) is 5.82 Å². The van der Waals surface area contributed by atoms with Gasteiger partial charge < -0.3 is 10.6 Å². The molecule has 4 nitrogen and oxygen atoms in total. The van der Waals surface area contributed by atoms with Crippen LogP contribution in [0.3, 0.4) is 0 Å². The zero-order valence-corrected chi connectivity index (χ0v) is 11.5. The Morgan fingerprint density at radius 3 is 2.55 bits per heavy atom. The second kappa shape index (κ2) is 4.96. The Hall–Kier alpha value is -2.36. The molecule has 2 aromatic rings. The zero-order chi connectivity index (χ0) is 14.1. The molecule has 1 fully saturated rings. The number of nitrogens with two attached hydrogens (primary N) is 1. The Balaban J connectivity index is 2.08. The molecule has 0 unspecified atom stereocenters. The van der Waals surface area contributed by atoms with Crippen molar-refractivity contribution in [1.82, 2.24) is 9.88 Å². The van der Waals surface area contributed by atoms with Crippen LogP contribution in [0.1, 0.15) is 22.3 Å². The smallest absolute Gasteiger partial charge is 0.257 e. The molecule has 1 aromatic heterocycles. The van der Waals surface area contributed by atoms with Crippen LogP contribution >= 0.6 is 0 Å². The van der Waals surface area contributed by atoms with E-state index in [0.29, 0.717) is 11.4 Å². The van der Waals surface area contributed by atoms with Gasteiger partial charge in [-0.05, 0) is 24.5 Å². The van der Waals surface area contributed by atoms with E-state index in [1.165, 1.54) is 0 Å². The molecule has 3 rings (SSSR count). The molecule has 20 heavy (non-hydrogen) atoms. The number of pyridine rings is 1. The fourth-order valence-corrected chi connectivity index (χ4v) is 2.48. The molecule has 0 aliphatic carbocycles. The summed E-state index contributed by atoms with van der Waals surface area (Å²) in [6, 6.07) is 9.94. The van der Waals surface area contributed by atoms with Gasteiger partial charge in [0.2, 0.25) is 0 Å². The summed E-state index contributed by atoms with van der Waals surface area (Å²) >= 11 is 0. The monoisotopic (exact) mass is 267 g/mol. The Morgan fingerprint density at radius 1 is 1.25 bits per heavy atom. The summed E-state index contributed by atoms with van der Waals surface area (Å²) in [5, 5.41) is 0. The Kier molecular flexibility index (Phi) is 3.14. The maximum absolute atomic E-state index is 12.5. The van der Waals surface area contributed by atoms with Crippen molar-refractivity contribution in [2.75, 3.05) is 18.8 Å². The molecule has 1 aliphatic heterocycles. The average Bonchev–Trinajstić information content (AvgIpc) is 2.38. The maximum atomic E-state index is 12.5. The molecule has 1 saturated heterocycles. The lowest BCUT2D eigenvalue weighted by atomic mass is 9.97. The topological polar surface area (TPSA) is 59.2 Å². The first-order chi connectivity index (χ1) is 9.68. The highest BCUT2D eigenvalue weighted by atomic mass is 16.2. The number of hydrogen-bond acceptors (Lipinski definition) is 3. The summed E-state index contributed by atoms with van der Waals surface area (Å²) in [6.45, 7) is 3.56. The van der Waals surface area contributed by atoms with E-state index in [0.717, 1.165) is 36.2 Å². The molecule has 102 valence electrons. The van der Waals surface area contributed by atoms with E-state index in [2.05, 4.69) is 4.98 Å². The highest BCUT2D eigenvalue weighted by Gasteiger charge is 2.26. The van der Waals surface area contributed by atoms with E-state index in [1.807, 2.05) is 42.2 Å². The Labute approximate surface area is 118 Å². The van der Waals surface area contributed by atoms with Crippen molar-refractivity contribution in [3.05, 3.63) is 47.7 Å². The van der Waals surface area contributed by atoms with Gasteiger partial charge in [-0.1, -0.05) is 30.3 Å². The molecule has 0 spiro atoms. The van der Waals surface area contributed by atoms with Gasteiger partial charge in [0, 0.05) is 24.8 Å². The first-order valence-electron chi connectivity index (χ1n) is 6.78. The van der Waals surface area contributed by atoms with Crippen LogP contribution in [0.15, 0.2) is 36.5 Å². The molecule has 1 amide bonds. The first-order valence-corrected chi connectivity index (χ1v) is 6.78. The van der Waals surface area contributed by atoms with Crippen LogP contribution in [0, 0.1) is 6.92 Å². The predicted octanol–water partition coefficient (Wildman–Crippen LogP) is 2.49. The summed E-state index contributed by atoms with van der Waals surface area (Å²) in [6.07, 6.45) is 2.81. The van der Waals surface area contributed by atoms with Gasteiger partial charge >= 0.3 is 0 Å². The van der Waals surface area contributed by atoms with Crippen LogP contribution in [-0.2, 0) is 0 Å². The molecule has 0 saturated carbocycles. The van der Waals surface area contributed by atoms with Crippen molar-refractivity contribution in [2.45, 2.75) is 13.3 Å². The van der Waals surface area contributed by atoms with Gasteiger partial charge in [-0.25, -0.2) is 4.98 Å². The van der Waals surface area contributed by atoms with Crippen LogP contribution in [0.25, 0.3) is 11.1 Å². The zero-order valence-electron chi connectivity index (χ0n) is 11.5. The highest BCUT2D eigenvalue weighted by molar-refractivity contribution is 6.01. The van der Waals surface area contributed by atoms with Crippen LogP contribution < -0.4 is 5.73 Å². The van der Waals surface area contributed by atoms with Gasteiger partial charge in [0.25, 0.3) is 5.91 Å². The number of amides is 1. The fraction of sp³-hybridized carbons (Fsp3) is 0.250. The van der Waals surface area contributed by atoms with E-state index in [-0.39, 0.29) is 5.91 Å². The van der Waals surface area contributed by atoms with Crippen LogP contribution in [0.5, 0.6) is 0 Å². The Morgan fingerprint density at radius 2 is 1.95 bits per heavy atom. The van der Waals surface area contributed by atoms with Crippen molar-refractivity contribution < 1.29 is 4.79 Å². The van der Waals surface area contributed by atoms with Gasteiger partial charge in [0.15, 0.2) is 0 Å². The summed E-state index contributed by atoms with van der Waals surface area (Å²) in [5.74, 6) is 0.315. The first kappa shape index (κ1) is 12.7. The lowest BCUT2D eigenvalue weighted by Crippen LogP contribution is -2.42. The van der Waals surface area contributed by atoms with Crippen molar-refractivity contribution in [3.63, 3.8) is 0 Å². The minimum Gasteiger partial charge on any atom is -0.383 e. The van der Waals surface area contributed by atoms with Crippen LogP contribution in [-0.4, -0.2) is 28.9 Å². The molecule has 4 heteroatoms. The summed E-state index contributed by atoms with van der Waals surface area (Å²) in [7, 11) is 0. The number of anilines is 1. The molecule has 2 heterocycles. The van der Waals surface area contributed by atoms with Crippen molar-refractivity contribution in [2.24, 2.45) is 0 Å². The molecule has 1 aromatic carbocycles. The number of benzene rings is 1. The van der Waals surface area contributed by atoms with E-state index < -0.39 is 0 Å². The van der Waals surface area contributed by atoms with Gasteiger partial charge in [-0.2, -0.15) is 0 Å². The number of carbonyl (C=O) groups is 1. The normalized spacial score (nSPS) is 13.9. The van der Waals surface area contributed by atoms with E-state index >= 15 is 0 Å². The highest BCUT2D eigenvalue weighted by Crippen LogP contribution is 2.29. The van der Waals surface area contributed by atoms with E-state index in [9.17, 15) is 4.79 Å². The van der Waals surface area contributed by atoms with E-state index in [1.54, 1.807) is 6.20 Å². The minimum absolute atomic E-state index is 0.00321. The number of nitrogens with zero attached hydrogens (tertiary/aromatic N) is 2. The largest absolute Gasteiger partial charge is 0.383 e. The molecular weight excluding hydrogens is 250 g/mol. The van der Waals surface area contributed by atoms with Crippen molar-refractivity contribution in [3.8, 4) is 11.1 Å². The molecule has 0 bridgehead atoms. The third-order valence-electron chi connectivity index (χ3n) is 3.81. The predicted molar refractivity (Wildman–Crippen MR) is 79.3 cm³/mol. The standard InChI is InChI=1S/C16H17N3O/c1-11-13(12-6-3-2-4-7-12)10-18-15(17)14(11)16(20)19-8-5-9-19/h2-4,6-7,10H,5,8-9H2,1H3,(H2,17,18). The quantitative estimate of drug-likeness (QED) is 0.909. The summed E-state index contributed by atoms with van der Waals surface area (Å²) in [5.41, 5.74) is 9.39. The fourth-order valence-electron chi connectivity index (χ4n) is 2.48. The van der Waals surface area contributed by atoms with Gasteiger partial charge in [-0.3, -0.25) is 4.79 Å². The van der Waals surface area contributed by atoms with Crippen molar-refractivity contribution in [1.29, 1.82) is 0 Å². The molecular formula is C16H17N3O. The van der Waals surface area contributed by atoms with Crippen molar-refractivity contribution >= 4 is 11.7 Å². The van der Waals surface area contributed by atoms with Crippen LogP contribution in [0.2, 0.25) is 0 Å². The number of rotatable bonds is 2. The number of nitrogen functional groups attached to an aromatic ring is 1. The third-order valence-corrected chi connectivity index (χ3v) is 3.81. The number of aromatic nitrogens is 1. The average molecular weight is 267 g/mol. The maximum Gasteiger partial charge on any atom is 0.257 e. The summed E-state index contributed by atoms with van der Waals surface area (Å²) in [4.78, 5) is 18.5. The Bertz CT molecular complexity index is 648. The van der Waals surface area contributed by atoms with Gasteiger partial charge in [0.05, 0.1) is 5.56 Å².